The summed E-state index contributed by atoms with van der Waals surface area (Å²) in [6.07, 6.45) is 1.72. The van der Waals surface area contributed by atoms with Crippen LogP contribution in [0.4, 0.5) is 0 Å². The molecule has 2 atom stereocenters. The van der Waals surface area contributed by atoms with E-state index in [-0.39, 0.29) is 33.1 Å². The van der Waals surface area contributed by atoms with Crippen molar-refractivity contribution in [3.8, 4) is 0 Å². The van der Waals surface area contributed by atoms with E-state index in [4.69, 9.17) is 9.57 Å². The van der Waals surface area contributed by atoms with Crippen LogP contribution in [0.2, 0.25) is 0 Å². The molecule has 0 bridgehead atoms. The highest BCUT2D eigenvalue weighted by Crippen LogP contribution is 2.57. The molecular weight excluding hydrogens is 378 g/mol. The first-order valence-electron chi connectivity index (χ1n) is 6.05. The Kier molecular flexibility index (Phi) is 5.62. The minimum absolute atomic E-state index is 0.0332. The molecule has 1 aliphatic rings. The Hall–Kier alpha value is -0.360. The first kappa shape index (κ1) is 16.7. The largest absolute Gasteiger partial charge is 0.429 e. The number of carbonyl (C=O) groups is 1. The van der Waals surface area contributed by atoms with Crippen LogP contribution in [0, 0.1) is 17.3 Å². The number of allylic oxidation sites excluding steroid dienone is 1. The average molecular weight is 397 g/mol. The zero-order chi connectivity index (χ0) is 14.8. The fraction of sp³-hybridized carbons (Fsp3) is 0.692. The van der Waals surface area contributed by atoms with Crippen LogP contribution in [0.15, 0.2) is 17.5 Å². The van der Waals surface area contributed by atoms with Gasteiger partial charge in [0.2, 0.25) is 0 Å². The summed E-state index contributed by atoms with van der Waals surface area (Å²) >= 11 is 6.47. The van der Waals surface area contributed by atoms with Crippen LogP contribution in [-0.2, 0) is 14.4 Å². The molecule has 0 aromatic carbocycles. The molecule has 1 rings (SSSR count). The predicted octanol–water partition coefficient (Wildman–Crippen LogP) is 3.84. The summed E-state index contributed by atoms with van der Waals surface area (Å²) < 4.78 is 4.97. The van der Waals surface area contributed by atoms with E-state index in [0.29, 0.717) is 5.76 Å². The second-order valence-electron chi connectivity index (χ2n) is 5.42. The summed E-state index contributed by atoms with van der Waals surface area (Å²) in [7, 11) is 0. The summed E-state index contributed by atoms with van der Waals surface area (Å²) in [4.78, 5) is 17.1. The average Bonchev–Trinajstić information content (AvgIpc) is 2.79. The second kappa shape index (κ2) is 6.39. The third-order valence-corrected chi connectivity index (χ3v) is 4.15. The molecule has 108 valence electrons. The molecule has 0 N–H and O–H groups in total. The molecule has 6 heteroatoms. The van der Waals surface area contributed by atoms with Crippen molar-refractivity contribution in [1.29, 1.82) is 0 Å². The number of halogens is 2. The summed E-state index contributed by atoms with van der Waals surface area (Å²) in [5.41, 5.74) is -0.157. The van der Waals surface area contributed by atoms with Gasteiger partial charge in [-0.1, -0.05) is 57.4 Å². The molecule has 0 saturated heterocycles. The van der Waals surface area contributed by atoms with E-state index in [1.165, 1.54) is 0 Å². The summed E-state index contributed by atoms with van der Waals surface area (Å²) in [5.74, 6) is -0.0973. The molecule has 0 aliphatic heterocycles. The maximum atomic E-state index is 12.0. The van der Waals surface area contributed by atoms with Gasteiger partial charge in [0.1, 0.15) is 15.6 Å². The van der Waals surface area contributed by atoms with Crippen molar-refractivity contribution in [2.75, 3.05) is 0 Å². The maximum absolute atomic E-state index is 12.0. The van der Waals surface area contributed by atoms with Gasteiger partial charge in [-0.25, -0.2) is 0 Å². The van der Waals surface area contributed by atoms with Gasteiger partial charge in [-0.15, -0.1) is 0 Å². The fourth-order valence-corrected chi connectivity index (χ4v) is 2.05. The van der Waals surface area contributed by atoms with Crippen LogP contribution in [-0.4, -0.2) is 22.0 Å². The molecular formula is C13H19Br2NO3. The third-order valence-electron chi connectivity index (χ3n) is 3.13. The Balaban J connectivity index is 2.57. The van der Waals surface area contributed by atoms with Gasteiger partial charge in [0.15, 0.2) is 0 Å². The topological polar surface area (TPSA) is 47.9 Å². The van der Waals surface area contributed by atoms with Gasteiger partial charge < -0.3 is 9.57 Å². The Morgan fingerprint density at radius 1 is 1.42 bits per heavy atom. The molecule has 0 amide bonds. The standard InChI is InChI=1S/C13H19Br2NO3/c1-7(2)19-16-6-9-10(13(9,4)5)12(17)18-8(3)11(14)15/h6-7,9-11H,3H2,1-2,4-5H3. The van der Waals surface area contributed by atoms with Gasteiger partial charge in [0.25, 0.3) is 0 Å². The van der Waals surface area contributed by atoms with E-state index in [2.05, 4.69) is 43.6 Å². The first-order valence-corrected chi connectivity index (χ1v) is 7.89. The smallest absolute Gasteiger partial charge is 0.315 e. The van der Waals surface area contributed by atoms with E-state index < -0.39 is 0 Å². The molecule has 0 aromatic rings. The zero-order valence-electron chi connectivity index (χ0n) is 11.5. The fourth-order valence-electron chi connectivity index (χ4n) is 1.87. The van der Waals surface area contributed by atoms with Gasteiger partial charge >= 0.3 is 5.97 Å². The molecule has 1 fully saturated rings. The lowest BCUT2D eigenvalue weighted by Crippen LogP contribution is -2.12. The number of nitrogens with zero attached hydrogens (tertiary/aromatic N) is 1. The van der Waals surface area contributed by atoms with Crippen LogP contribution in [0.25, 0.3) is 0 Å². The number of oxime groups is 1. The van der Waals surface area contributed by atoms with Crippen molar-refractivity contribution in [3.63, 3.8) is 0 Å². The molecule has 4 nitrogen and oxygen atoms in total. The van der Waals surface area contributed by atoms with Crippen molar-refractivity contribution < 1.29 is 14.4 Å². The maximum Gasteiger partial charge on any atom is 0.315 e. The predicted molar refractivity (Wildman–Crippen MR) is 82.3 cm³/mol. The van der Waals surface area contributed by atoms with Crippen LogP contribution < -0.4 is 0 Å². The number of esters is 1. The van der Waals surface area contributed by atoms with Gasteiger partial charge in [-0.3, -0.25) is 4.79 Å². The van der Waals surface area contributed by atoms with Crippen molar-refractivity contribution in [1.82, 2.24) is 0 Å². The quantitative estimate of drug-likeness (QED) is 0.225. The number of carbonyl (C=O) groups excluding carboxylic acids is 1. The van der Waals surface area contributed by atoms with Gasteiger partial charge in [-0.2, -0.15) is 0 Å². The van der Waals surface area contributed by atoms with E-state index in [1.54, 1.807) is 6.21 Å². The minimum atomic E-state index is -0.278. The lowest BCUT2D eigenvalue weighted by molar-refractivity contribution is -0.141. The molecule has 19 heavy (non-hydrogen) atoms. The Morgan fingerprint density at radius 3 is 2.47 bits per heavy atom. The molecule has 1 aliphatic carbocycles. The molecule has 0 aromatic heterocycles. The number of rotatable bonds is 6. The highest BCUT2D eigenvalue weighted by Gasteiger charge is 2.62. The molecule has 2 unspecified atom stereocenters. The molecule has 1 saturated carbocycles. The number of ether oxygens (including phenoxy) is 1. The summed E-state index contributed by atoms with van der Waals surface area (Å²) in [5, 5.41) is 3.90. The zero-order valence-corrected chi connectivity index (χ0v) is 14.7. The first-order chi connectivity index (χ1) is 8.67. The molecule has 0 spiro atoms. The highest BCUT2D eigenvalue weighted by molar-refractivity contribution is 9.24. The van der Waals surface area contributed by atoms with Gasteiger partial charge in [-0.05, 0) is 19.3 Å². The number of alkyl halides is 2. The van der Waals surface area contributed by atoms with Crippen LogP contribution >= 0.6 is 31.9 Å². The third kappa shape index (κ3) is 4.31. The SMILES string of the molecule is C=C(OC(=O)C1C(C=NOC(C)C)C1(C)C)C(Br)Br. The van der Waals surface area contributed by atoms with Gasteiger partial charge in [0, 0.05) is 12.1 Å². The Labute approximate surface area is 130 Å². The summed E-state index contributed by atoms with van der Waals surface area (Å²) in [6, 6.07) is 0. The van der Waals surface area contributed by atoms with Crippen LogP contribution in [0.1, 0.15) is 27.7 Å². The van der Waals surface area contributed by atoms with Crippen molar-refractivity contribution in [2.24, 2.45) is 22.4 Å². The van der Waals surface area contributed by atoms with E-state index in [9.17, 15) is 4.79 Å². The van der Waals surface area contributed by atoms with E-state index in [0.717, 1.165) is 0 Å². The summed E-state index contributed by atoms with van der Waals surface area (Å²) in [6.45, 7) is 11.5. The number of hydrogen-bond acceptors (Lipinski definition) is 4. The Morgan fingerprint density at radius 2 is 2.00 bits per heavy atom. The molecule has 0 heterocycles. The number of hydrogen-bond donors (Lipinski definition) is 0. The molecule has 0 radical (unpaired) electrons. The highest BCUT2D eigenvalue weighted by atomic mass is 79.9. The monoisotopic (exact) mass is 395 g/mol. The minimum Gasteiger partial charge on any atom is -0.429 e. The lowest BCUT2D eigenvalue weighted by atomic mass is 10.1. The van der Waals surface area contributed by atoms with E-state index in [1.807, 2.05) is 27.7 Å². The normalized spacial score (nSPS) is 24.8. The van der Waals surface area contributed by atoms with Gasteiger partial charge in [0.05, 0.1) is 5.92 Å². The van der Waals surface area contributed by atoms with Crippen LogP contribution in [0.5, 0.6) is 0 Å². The Bertz CT molecular complexity index is 391. The van der Waals surface area contributed by atoms with Crippen LogP contribution in [0.3, 0.4) is 0 Å². The van der Waals surface area contributed by atoms with Crippen molar-refractivity contribution in [3.05, 3.63) is 12.3 Å². The van der Waals surface area contributed by atoms with Crippen molar-refractivity contribution in [2.45, 2.75) is 37.5 Å². The van der Waals surface area contributed by atoms with E-state index >= 15 is 0 Å². The second-order valence-corrected chi connectivity index (χ2v) is 8.48. The van der Waals surface area contributed by atoms with Crippen molar-refractivity contribution >= 4 is 44.0 Å². The lowest BCUT2D eigenvalue weighted by Gasteiger charge is -2.08.